The maximum absolute atomic E-state index is 12.4. The Morgan fingerprint density at radius 2 is 1.82 bits per heavy atom. The second-order valence-electron chi connectivity index (χ2n) is 9.04. The molecule has 2 amide bonds. The van der Waals surface area contributed by atoms with E-state index >= 15 is 0 Å². The van der Waals surface area contributed by atoms with Crippen LogP contribution in [-0.2, 0) is 18.3 Å². The third-order valence-corrected chi connectivity index (χ3v) is 5.42. The topological polar surface area (TPSA) is 154 Å². The van der Waals surface area contributed by atoms with Gasteiger partial charge in [-0.05, 0) is 31.0 Å². The molecule has 4 aromatic rings. The molecule has 0 aliphatic carbocycles. The van der Waals surface area contributed by atoms with Crippen molar-refractivity contribution in [2.45, 2.75) is 26.2 Å². The Bertz CT molecular complexity index is 1470. The van der Waals surface area contributed by atoms with Gasteiger partial charge in [0.05, 0.1) is 17.8 Å². The minimum absolute atomic E-state index is 0.141. The van der Waals surface area contributed by atoms with Crippen LogP contribution >= 0.6 is 0 Å². The van der Waals surface area contributed by atoms with Crippen molar-refractivity contribution in [2.24, 2.45) is 7.05 Å². The number of nitrogens with zero attached hydrogens (tertiary/aromatic N) is 5. The summed E-state index contributed by atoms with van der Waals surface area (Å²) >= 11 is 0. The number of carbonyl (C=O) groups excluding carboxylic acids is 2. The molecule has 0 radical (unpaired) electrons. The Morgan fingerprint density at radius 3 is 2.35 bits per heavy atom. The normalized spacial score (nSPS) is 10.5. The molecule has 11 heteroatoms. The third-order valence-electron chi connectivity index (χ3n) is 5.42. The molecule has 2 aromatic carbocycles. The number of anilines is 1. The van der Waals surface area contributed by atoms with E-state index in [0.29, 0.717) is 17.9 Å². The zero-order chi connectivity index (χ0) is 29.7. The highest BCUT2D eigenvalue weighted by Crippen LogP contribution is 2.21. The van der Waals surface area contributed by atoms with Crippen LogP contribution in [0, 0.1) is 18.3 Å². The van der Waals surface area contributed by atoms with Crippen molar-refractivity contribution < 1.29 is 19.2 Å². The highest BCUT2D eigenvalue weighted by molar-refractivity contribution is 6.04. The molecule has 0 saturated heterocycles. The Morgan fingerprint density at radius 1 is 1.20 bits per heavy atom. The van der Waals surface area contributed by atoms with E-state index in [-0.39, 0.29) is 11.6 Å². The molecular weight excluding hydrogens is 512 g/mol. The van der Waals surface area contributed by atoms with Crippen LogP contribution in [0.15, 0.2) is 76.4 Å². The summed E-state index contributed by atoms with van der Waals surface area (Å²) in [6, 6.07) is 19.3. The molecule has 40 heavy (non-hydrogen) atoms. The number of rotatable bonds is 6. The van der Waals surface area contributed by atoms with Gasteiger partial charge >= 0.3 is 0 Å². The molecule has 2 heterocycles. The van der Waals surface area contributed by atoms with Crippen molar-refractivity contribution in [3.8, 4) is 11.8 Å². The number of amides is 2. The van der Waals surface area contributed by atoms with E-state index in [0.717, 1.165) is 17.5 Å². The van der Waals surface area contributed by atoms with Gasteiger partial charge in [0.2, 0.25) is 12.2 Å². The van der Waals surface area contributed by atoms with Crippen molar-refractivity contribution in [3.05, 3.63) is 106 Å². The fraction of sp³-hybridized carbons (Fsp3) is 0.241. The zero-order valence-corrected chi connectivity index (χ0v) is 23.0. The van der Waals surface area contributed by atoms with Crippen LogP contribution in [0.4, 0.5) is 5.69 Å². The van der Waals surface area contributed by atoms with Gasteiger partial charge in [-0.1, -0.05) is 60.1 Å². The van der Waals surface area contributed by atoms with E-state index in [9.17, 15) is 19.5 Å². The largest absolute Gasteiger partial charge is 0.501 e. The van der Waals surface area contributed by atoms with Crippen LogP contribution < -0.4 is 10.9 Å². The van der Waals surface area contributed by atoms with E-state index in [1.54, 1.807) is 14.1 Å². The van der Waals surface area contributed by atoms with Gasteiger partial charge in [0.25, 0.3) is 11.5 Å². The van der Waals surface area contributed by atoms with E-state index in [4.69, 9.17) is 5.26 Å². The fourth-order valence-corrected chi connectivity index (χ4v) is 3.35. The number of carbonyl (C=O) groups is 2. The summed E-state index contributed by atoms with van der Waals surface area (Å²) in [4.78, 5) is 39.8. The van der Waals surface area contributed by atoms with Gasteiger partial charge in [0, 0.05) is 27.1 Å². The Hall–Kier alpha value is -5.24. The predicted molar refractivity (Wildman–Crippen MR) is 150 cm³/mol. The van der Waals surface area contributed by atoms with Crippen LogP contribution in [0.25, 0.3) is 0 Å². The van der Waals surface area contributed by atoms with Crippen LogP contribution in [0.3, 0.4) is 0 Å². The van der Waals surface area contributed by atoms with Crippen LogP contribution in [0.2, 0.25) is 0 Å². The molecular formula is C29H32N6O5. The molecule has 2 aromatic heterocycles. The van der Waals surface area contributed by atoms with E-state index < -0.39 is 17.2 Å². The first-order valence-corrected chi connectivity index (χ1v) is 12.2. The van der Waals surface area contributed by atoms with Crippen LogP contribution in [0.1, 0.15) is 45.8 Å². The molecule has 0 bridgehead atoms. The van der Waals surface area contributed by atoms with Crippen molar-refractivity contribution in [1.29, 1.82) is 5.26 Å². The minimum atomic E-state index is -0.712. The summed E-state index contributed by atoms with van der Waals surface area (Å²) in [6.07, 6.45) is 3.92. The summed E-state index contributed by atoms with van der Waals surface area (Å²) in [5, 5.41) is 24.4. The van der Waals surface area contributed by atoms with Gasteiger partial charge in [-0.15, -0.1) is 0 Å². The molecule has 0 fully saturated rings. The van der Waals surface area contributed by atoms with Gasteiger partial charge in [-0.2, -0.15) is 5.26 Å². The number of aryl methyl sites for hydroxylation is 1. The highest BCUT2D eigenvalue weighted by atomic mass is 16.5. The van der Waals surface area contributed by atoms with Crippen LogP contribution in [0.5, 0.6) is 5.75 Å². The average Bonchev–Trinajstić information content (AvgIpc) is 3.46. The number of hydrogen-bond donors (Lipinski definition) is 2. The van der Waals surface area contributed by atoms with E-state index in [1.165, 1.54) is 34.5 Å². The molecule has 1 atom stereocenters. The molecule has 0 saturated carbocycles. The van der Waals surface area contributed by atoms with E-state index in [2.05, 4.69) is 26.0 Å². The molecule has 0 spiro atoms. The maximum Gasteiger partial charge on any atom is 0.296 e. The number of hydrogen-bond acceptors (Lipinski definition) is 8. The lowest BCUT2D eigenvalue weighted by atomic mass is 10.00. The monoisotopic (exact) mass is 544 g/mol. The van der Waals surface area contributed by atoms with Gasteiger partial charge in [0.15, 0.2) is 5.69 Å². The second-order valence-corrected chi connectivity index (χ2v) is 9.04. The molecule has 4 rings (SSSR count). The quantitative estimate of drug-likeness (QED) is 0.349. The van der Waals surface area contributed by atoms with Gasteiger partial charge in [0.1, 0.15) is 17.8 Å². The van der Waals surface area contributed by atoms with Gasteiger partial charge in [-0.25, -0.2) is 4.98 Å². The highest BCUT2D eigenvalue weighted by Gasteiger charge is 2.23. The smallest absolute Gasteiger partial charge is 0.296 e. The molecule has 208 valence electrons. The van der Waals surface area contributed by atoms with Crippen LogP contribution in [-0.4, -0.2) is 51.1 Å². The first-order chi connectivity index (χ1) is 19.1. The standard InChI is InChI=1S/C18H18N4O4.C8H7N.C3H7NO/c1-11(8-12-6-4-3-5-7-12)16-21-14(15(23)18(25)22(16)2)17(24)20-13-9-19-26-10-13;1-7-2-4-8(6-9)5-3-7;1-4(2)3-5/h3-7,9-11,23H,8H2,1-2H3,(H,20,24);2-5H,1H3;3H,1-2H3. The van der Waals surface area contributed by atoms with Crippen molar-refractivity contribution in [2.75, 3.05) is 19.4 Å². The summed E-state index contributed by atoms with van der Waals surface area (Å²) in [6.45, 7) is 3.91. The first kappa shape index (κ1) is 31.0. The van der Waals surface area contributed by atoms with E-state index in [1.807, 2.05) is 68.4 Å². The average molecular weight is 545 g/mol. The molecule has 11 nitrogen and oxygen atoms in total. The number of aromatic nitrogens is 3. The SMILES string of the molecule is CC(Cc1ccccc1)c1nc(C(=O)Nc2cnoc2)c(O)c(=O)n1C.CN(C)C=O.Cc1ccc(C#N)cc1. The lowest BCUT2D eigenvalue weighted by molar-refractivity contribution is -0.115. The molecule has 0 aliphatic rings. The summed E-state index contributed by atoms with van der Waals surface area (Å²) in [7, 11) is 4.90. The number of benzene rings is 2. The van der Waals surface area contributed by atoms with Gasteiger partial charge < -0.3 is 19.8 Å². The minimum Gasteiger partial charge on any atom is -0.501 e. The molecule has 2 N–H and O–H groups in total. The molecule has 1 unspecified atom stereocenters. The zero-order valence-electron chi connectivity index (χ0n) is 23.0. The lowest BCUT2D eigenvalue weighted by Crippen LogP contribution is -2.28. The lowest BCUT2D eigenvalue weighted by Gasteiger charge is -2.16. The van der Waals surface area contributed by atoms with Crippen molar-refractivity contribution in [3.63, 3.8) is 0 Å². The van der Waals surface area contributed by atoms with Gasteiger partial charge in [-0.3, -0.25) is 19.0 Å². The first-order valence-electron chi connectivity index (χ1n) is 12.2. The number of aromatic hydroxyl groups is 1. The summed E-state index contributed by atoms with van der Waals surface area (Å²) < 4.78 is 5.90. The Labute approximate surface area is 232 Å². The maximum atomic E-state index is 12.4. The number of nitriles is 1. The second kappa shape index (κ2) is 15.2. The third kappa shape index (κ3) is 9.25. The fourth-order valence-electron chi connectivity index (χ4n) is 3.35. The Kier molecular flexibility index (Phi) is 11.8. The predicted octanol–water partition coefficient (Wildman–Crippen LogP) is 3.64. The Balaban J connectivity index is 0.000000329. The van der Waals surface area contributed by atoms with Crippen molar-refractivity contribution >= 4 is 18.0 Å². The summed E-state index contributed by atoms with van der Waals surface area (Å²) in [5.74, 6) is -1.14. The summed E-state index contributed by atoms with van der Waals surface area (Å²) in [5.41, 5.74) is 2.29. The van der Waals surface area contributed by atoms with Crippen molar-refractivity contribution in [1.82, 2.24) is 19.6 Å². The molecule has 0 aliphatic heterocycles. The number of nitrogens with one attached hydrogen (secondary N) is 1.